The van der Waals surface area contributed by atoms with Crippen LogP contribution >= 0.6 is 11.6 Å². The highest BCUT2D eigenvalue weighted by Gasteiger charge is 2.33. The van der Waals surface area contributed by atoms with Crippen molar-refractivity contribution in [3.63, 3.8) is 0 Å². The van der Waals surface area contributed by atoms with Crippen molar-refractivity contribution in [2.45, 2.75) is 44.2 Å². The Labute approximate surface area is 199 Å². The number of nitrogens with zero attached hydrogens (tertiary/aromatic N) is 1. The van der Waals surface area contributed by atoms with Crippen LogP contribution in [-0.2, 0) is 21.4 Å². The number of piperidine rings is 1. The predicted octanol–water partition coefficient (Wildman–Crippen LogP) is 3.59. The lowest BCUT2D eigenvalue weighted by Gasteiger charge is -2.31. The second-order valence-electron chi connectivity index (χ2n) is 8.32. The molecule has 10 heteroatoms. The van der Waals surface area contributed by atoms with Crippen molar-refractivity contribution in [2.75, 3.05) is 18.4 Å². The molecule has 33 heavy (non-hydrogen) atoms. The number of halogens is 1. The molecule has 0 radical (unpaired) electrons. The van der Waals surface area contributed by atoms with Gasteiger partial charge in [-0.2, -0.15) is 4.31 Å². The molecular formula is C23H29ClN4O4S. The van der Waals surface area contributed by atoms with Crippen LogP contribution in [0.5, 0.6) is 0 Å². The van der Waals surface area contributed by atoms with Gasteiger partial charge in [0.2, 0.25) is 15.9 Å². The number of amides is 3. The number of hydrogen-bond acceptors (Lipinski definition) is 4. The maximum absolute atomic E-state index is 12.9. The minimum atomic E-state index is -3.68. The molecule has 1 atom stereocenters. The highest BCUT2D eigenvalue weighted by atomic mass is 35.5. The van der Waals surface area contributed by atoms with E-state index in [0.29, 0.717) is 36.6 Å². The Morgan fingerprint density at radius 2 is 1.76 bits per heavy atom. The number of carbonyl (C=O) groups is 2. The highest BCUT2D eigenvalue weighted by Crippen LogP contribution is 2.25. The first kappa shape index (κ1) is 25.0. The topological polar surface area (TPSA) is 108 Å². The first-order valence-corrected chi connectivity index (χ1v) is 12.7. The number of rotatable bonds is 7. The minimum Gasteiger partial charge on any atom is -0.352 e. The van der Waals surface area contributed by atoms with Gasteiger partial charge in [-0.15, -0.1) is 0 Å². The number of urea groups is 1. The summed E-state index contributed by atoms with van der Waals surface area (Å²) in [5.74, 6) is -0.592. The van der Waals surface area contributed by atoms with Crippen LogP contribution in [0, 0.1) is 5.92 Å². The van der Waals surface area contributed by atoms with E-state index in [0.717, 1.165) is 5.56 Å². The summed E-state index contributed by atoms with van der Waals surface area (Å²) in [6.45, 7) is 4.60. The van der Waals surface area contributed by atoms with Gasteiger partial charge in [0.05, 0.1) is 10.8 Å². The lowest BCUT2D eigenvalue weighted by Crippen LogP contribution is -2.45. The van der Waals surface area contributed by atoms with Crippen molar-refractivity contribution in [3.05, 3.63) is 59.1 Å². The molecule has 0 bridgehead atoms. The molecule has 0 aromatic heterocycles. The van der Waals surface area contributed by atoms with Gasteiger partial charge in [0, 0.05) is 36.4 Å². The van der Waals surface area contributed by atoms with Crippen LogP contribution in [0.4, 0.5) is 10.5 Å². The average Bonchev–Trinajstić information content (AvgIpc) is 2.78. The highest BCUT2D eigenvalue weighted by molar-refractivity contribution is 7.89. The fourth-order valence-electron chi connectivity index (χ4n) is 3.60. The van der Waals surface area contributed by atoms with Gasteiger partial charge < -0.3 is 16.0 Å². The molecule has 1 saturated heterocycles. The summed E-state index contributed by atoms with van der Waals surface area (Å²) < 4.78 is 27.2. The normalized spacial score (nSPS) is 16.9. The Morgan fingerprint density at radius 1 is 1.09 bits per heavy atom. The third kappa shape index (κ3) is 6.93. The van der Waals surface area contributed by atoms with E-state index in [1.54, 1.807) is 24.3 Å². The second-order valence-corrected chi connectivity index (χ2v) is 10.7. The maximum atomic E-state index is 12.9. The van der Waals surface area contributed by atoms with Gasteiger partial charge in [-0.1, -0.05) is 23.7 Å². The molecule has 0 saturated carbocycles. The molecule has 1 aliphatic heterocycles. The molecule has 2 aromatic carbocycles. The van der Waals surface area contributed by atoms with E-state index < -0.39 is 15.9 Å². The fraction of sp³-hybridized carbons (Fsp3) is 0.391. The molecule has 3 amide bonds. The third-order valence-electron chi connectivity index (χ3n) is 5.30. The number of sulfonamides is 1. The van der Waals surface area contributed by atoms with Crippen molar-refractivity contribution in [1.82, 2.24) is 14.9 Å². The molecule has 8 nitrogen and oxygen atoms in total. The molecule has 1 heterocycles. The molecule has 1 unspecified atom stereocenters. The standard InChI is InChI=1S/C23H29ClN4O4S/c1-16(2)26-23(30)27-20-9-5-17(6-10-20)14-25-22(29)18-4-3-13-28(15-18)33(31,32)21-11-7-19(24)8-12-21/h5-12,16,18H,3-4,13-15H2,1-2H3,(H,25,29)(H2,26,27,30). The molecule has 3 rings (SSSR count). The van der Waals surface area contributed by atoms with Crippen molar-refractivity contribution >= 4 is 39.2 Å². The van der Waals surface area contributed by atoms with Gasteiger partial charge in [-0.3, -0.25) is 4.79 Å². The quantitative estimate of drug-likeness (QED) is 0.549. The third-order valence-corrected chi connectivity index (χ3v) is 7.44. The summed E-state index contributed by atoms with van der Waals surface area (Å²) in [7, 11) is -3.68. The lowest BCUT2D eigenvalue weighted by molar-refractivity contribution is -0.126. The van der Waals surface area contributed by atoms with E-state index >= 15 is 0 Å². The van der Waals surface area contributed by atoms with Crippen LogP contribution in [0.25, 0.3) is 0 Å². The van der Waals surface area contributed by atoms with Crippen LogP contribution in [-0.4, -0.2) is 43.8 Å². The van der Waals surface area contributed by atoms with Gasteiger partial charge in [0.1, 0.15) is 0 Å². The Hall–Kier alpha value is -2.62. The van der Waals surface area contributed by atoms with Crippen molar-refractivity contribution in [3.8, 4) is 0 Å². The van der Waals surface area contributed by atoms with Crippen LogP contribution in [0.3, 0.4) is 0 Å². The summed E-state index contributed by atoms with van der Waals surface area (Å²) in [6, 6.07) is 13.0. The number of benzene rings is 2. The molecule has 2 aromatic rings. The number of anilines is 1. The molecule has 178 valence electrons. The van der Waals surface area contributed by atoms with E-state index in [9.17, 15) is 18.0 Å². The molecule has 0 spiro atoms. The van der Waals surface area contributed by atoms with Crippen molar-refractivity contribution in [1.29, 1.82) is 0 Å². The Kier molecular flexibility index (Phi) is 8.34. The zero-order valence-electron chi connectivity index (χ0n) is 18.7. The van der Waals surface area contributed by atoms with Crippen molar-refractivity contribution < 1.29 is 18.0 Å². The van der Waals surface area contributed by atoms with Crippen LogP contribution in [0.2, 0.25) is 5.02 Å². The van der Waals surface area contributed by atoms with E-state index in [4.69, 9.17) is 11.6 Å². The van der Waals surface area contributed by atoms with Gasteiger partial charge >= 0.3 is 6.03 Å². The number of nitrogens with one attached hydrogen (secondary N) is 3. The minimum absolute atomic E-state index is 0.0383. The SMILES string of the molecule is CC(C)NC(=O)Nc1ccc(CNC(=O)C2CCCN(S(=O)(=O)c3ccc(Cl)cc3)C2)cc1. The molecule has 1 aliphatic rings. The fourth-order valence-corrected chi connectivity index (χ4v) is 5.25. The van der Waals surface area contributed by atoms with Gasteiger partial charge in [0.25, 0.3) is 0 Å². The maximum Gasteiger partial charge on any atom is 0.319 e. The van der Waals surface area contributed by atoms with E-state index in [1.165, 1.54) is 16.4 Å². The lowest BCUT2D eigenvalue weighted by atomic mass is 9.99. The summed E-state index contributed by atoms with van der Waals surface area (Å²) >= 11 is 5.86. The molecule has 0 aliphatic carbocycles. The molecular weight excluding hydrogens is 464 g/mol. The second kappa shape index (κ2) is 11.0. The zero-order valence-corrected chi connectivity index (χ0v) is 20.2. The summed E-state index contributed by atoms with van der Waals surface area (Å²) in [6.07, 6.45) is 1.25. The van der Waals surface area contributed by atoms with Crippen LogP contribution in [0.15, 0.2) is 53.4 Å². The summed E-state index contributed by atoms with van der Waals surface area (Å²) in [5.41, 5.74) is 1.53. The van der Waals surface area contributed by atoms with E-state index in [2.05, 4.69) is 16.0 Å². The Morgan fingerprint density at radius 3 is 2.39 bits per heavy atom. The Balaban J connectivity index is 1.54. The molecule has 1 fully saturated rings. The summed E-state index contributed by atoms with van der Waals surface area (Å²) in [5, 5.41) is 8.86. The Bertz CT molecular complexity index is 1070. The largest absolute Gasteiger partial charge is 0.352 e. The van der Waals surface area contributed by atoms with Gasteiger partial charge in [-0.25, -0.2) is 13.2 Å². The molecule has 3 N–H and O–H groups in total. The van der Waals surface area contributed by atoms with Crippen molar-refractivity contribution in [2.24, 2.45) is 5.92 Å². The van der Waals surface area contributed by atoms with Gasteiger partial charge in [-0.05, 0) is 68.7 Å². The summed E-state index contributed by atoms with van der Waals surface area (Å²) in [4.78, 5) is 24.7. The smallest absolute Gasteiger partial charge is 0.319 e. The van der Waals surface area contributed by atoms with Crippen LogP contribution in [0.1, 0.15) is 32.3 Å². The van der Waals surface area contributed by atoms with Gasteiger partial charge in [0.15, 0.2) is 0 Å². The van der Waals surface area contributed by atoms with E-state index in [1.807, 2.05) is 26.0 Å². The van der Waals surface area contributed by atoms with E-state index in [-0.39, 0.29) is 29.4 Å². The predicted molar refractivity (Wildman–Crippen MR) is 129 cm³/mol. The number of carbonyl (C=O) groups excluding carboxylic acids is 2. The monoisotopic (exact) mass is 492 g/mol. The first-order valence-electron chi connectivity index (χ1n) is 10.8. The van der Waals surface area contributed by atoms with Crippen LogP contribution < -0.4 is 16.0 Å². The average molecular weight is 493 g/mol. The number of hydrogen-bond donors (Lipinski definition) is 3. The zero-order chi connectivity index (χ0) is 24.0. The first-order chi connectivity index (χ1) is 15.6.